The fourth-order valence-corrected chi connectivity index (χ4v) is 5.09. The summed E-state index contributed by atoms with van der Waals surface area (Å²) in [7, 11) is 1.68. The molecule has 1 heterocycles. The van der Waals surface area contributed by atoms with Gasteiger partial charge in [0, 0.05) is 32.1 Å². The van der Waals surface area contributed by atoms with Gasteiger partial charge in [-0.2, -0.15) is 0 Å². The molecule has 0 aromatic heterocycles. The summed E-state index contributed by atoms with van der Waals surface area (Å²) in [5.74, 6) is 1.18. The molecule has 172 valence electrons. The van der Waals surface area contributed by atoms with E-state index in [9.17, 15) is 9.18 Å². The van der Waals surface area contributed by atoms with Gasteiger partial charge >= 0.3 is 0 Å². The lowest BCUT2D eigenvalue weighted by Crippen LogP contribution is -2.52. The van der Waals surface area contributed by atoms with E-state index in [-0.39, 0.29) is 17.8 Å². The maximum absolute atomic E-state index is 14.6. The van der Waals surface area contributed by atoms with E-state index in [2.05, 4.69) is 22.3 Å². The van der Waals surface area contributed by atoms with Gasteiger partial charge in [0.25, 0.3) is 0 Å². The zero-order valence-electron chi connectivity index (χ0n) is 19.0. The molecule has 1 saturated carbocycles. The molecule has 32 heavy (non-hydrogen) atoms. The van der Waals surface area contributed by atoms with Crippen LogP contribution in [0.15, 0.2) is 42.5 Å². The highest BCUT2D eigenvalue weighted by molar-refractivity contribution is 5.74. The van der Waals surface area contributed by atoms with E-state index in [0.29, 0.717) is 18.4 Å². The van der Waals surface area contributed by atoms with Crippen molar-refractivity contribution < 1.29 is 18.7 Å². The number of amides is 1. The maximum atomic E-state index is 14.6. The first-order valence-corrected chi connectivity index (χ1v) is 11.6. The van der Waals surface area contributed by atoms with Gasteiger partial charge in [0.05, 0.1) is 18.8 Å². The Bertz CT molecular complexity index is 934. The van der Waals surface area contributed by atoms with Crippen LogP contribution in [0, 0.1) is 5.82 Å². The monoisotopic (exact) mass is 440 g/mol. The van der Waals surface area contributed by atoms with Crippen LogP contribution in [0.2, 0.25) is 0 Å². The number of nitrogens with one attached hydrogen (secondary N) is 1. The largest absolute Gasteiger partial charge is 0.493 e. The van der Waals surface area contributed by atoms with Crippen molar-refractivity contribution in [1.29, 1.82) is 0 Å². The molecular weight excluding hydrogens is 407 g/mol. The summed E-state index contributed by atoms with van der Waals surface area (Å²) in [4.78, 5) is 14.3. The number of hydrogen-bond donors (Lipinski definition) is 1. The highest BCUT2D eigenvalue weighted by Crippen LogP contribution is 2.36. The van der Waals surface area contributed by atoms with Crippen LogP contribution >= 0.6 is 0 Å². The molecule has 0 atom stereocenters. The summed E-state index contributed by atoms with van der Waals surface area (Å²) in [5.41, 5.74) is 1.06. The van der Waals surface area contributed by atoms with E-state index in [1.54, 1.807) is 19.2 Å². The van der Waals surface area contributed by atoms with Gasteiger partial charge in [0.2, 0.25) is 5.91 Å². The number of methoxy groups -OCH3 is 1. The lowest BCUT2D eigenvalue weighted by molar-refractivity contribution is -0.121. The fraction of sp³-hybridized carbons (Fsp3) is 0.500. The number of ether oxygens (including phenoxy) is 2. The van der Waals surface area contributed by atoms with E-state index in [0.717, 1.165) is 49.5 Å². The molecule has 0 unspecified atom stereocenters. The van der Waals surface area contributed by atoms with Crippen molar-refractivity contribution in [3.63, 3.8) is 0 Å². The zero-order chi connectivity index (χ0) is 22.6. The number of carbonyl (C=O) groups is 1. The van der Waals surface area contributed by atoms with E-state index in [4.69, 9.17) is 9.47 Å². The SMILES string of the molecule is COc1cc(CN2CCC(NC(C)=O)(c3ccccc3F)CC2)ccc1OC1CCCC1. The Hall–Kier alpha value is -2.60. The molecular formula is C26H33FN2O3. The molecule has 0 spiro atoms. The van der Waals surface area contributed by atoms with Crippen LogP contribution in [-0.4, -0.2) is 37.1 Å². The van der Waals surface area contributed by atoms with Gasteiger partial charge in [-0.05, 0) is 62.3 Å². The minimum Gasteiger partial charge on any atom is -0.493 e. The summed E-state index contributed by atoms with van der Waals surface area (Å²) in [6.45, 7) is 3.79. The highest BCUT2D eigenvalue weighted by Gasteiger charge is 2.38. The third-order valence-corrected chi connectivity index (χ3v) is 6.74. The maximum Gasteiger partial charge on any atom is 0.217 e. The van der Waals surface area contributed by atoms with Crippen LogP contribution in [0.3, 0.4) is 0 Å². The molecule has 2 aromatic rings. The van der Waals surface area contributed by atoms with Gasteiger partial charge in [-0.15, -0.1) is 0 Å². The second-order valence-corrected chi connectivity index (χ2v) is 9.03. The Labute approximate surface area is 189 Å². The summed E-state index contributed by atoms with van der Waals surface area (Å²) < 4.78 is 26.3. The first-order chi connectivity index (χ1) is 15.5. The Morgan fingerprint density at radius 1 is 1.12 bits per heavy atom. The number of rotatable bonds is 7. The molecule has 0 radical (unpaired) electrons. The molecule has 1 saturated heterocycles. The topological polar surface area (TPSA) is 50.8 Å². The molecule has 4 rings (SSSR count). The quantitative estimate of drug-likeness (QED) is 0.673. The molecule has 2 aliphatic rings. The second kappa shape index (κ2) is 9.90. The lowest BCUT2D eigenvalue weighted by atomic mass is 9.80. The van der Waals surface area contributed by atoms with Gasteiger partial charge in [-0.3, -0.25) is 9.69 Å². The van der Waals surface area contributed by atoms with Gasteiger partial charge in [0.1, 0.15) is 5.82 Å². The molecule has 5 nitrogen and oxygen atoms in total. The fourth-order valence-electron chi connectivity index (χ4n) is 5.09. The molecule has 1 aliphatic heterocycles. The molecule has 6 heteroatoms. The van der Waals surface area contributed by atoms with Crippen molar-refractivity contribution in [3.05, 3.63) is 59.4 Å². The average molecular weight is 441 g/mol. The Morgan fingerprint density at radius 2 is 1.84 bits per heavy atom. The Kier molecular flexibility index (Phi) is 6.99. The van der Waals surface area contributed by atoms with Crippen molar-refractivity contribution in [2.75, 3.05) is 20.2 Å². The molecule has 2 aromatic carbocycles. The number of likely N-dealkylation sites (tertiary alicyclic amines) is 1. The van der Waals surface area contributed by atoms with Crippen LogP contribution in [0.4, 0.5) is 4.39 Å². The van der Waals surface area contributed by atoms with Crippen molar-refractivity contribution in [1.82, 2.24) is 10.2 Å². The minimum absolute atomic E-state index is 0.135. The molecule has 0 bridgehead atoms. The van der Waals surface area contributed by atoms with Crippen LogP contribution in [-0.2, 0) is 16.9 Å². The van der Waals surface area contributed by atoms with Crippen molar-refractivity contribution in [2.24, 2.45) is 0 Å². The van der Waals surface area contributed by atoms with Crippen LogP contribution in [0.25, 0.3) is 0 Å². The molecule has 2 fully saturated rings. The zero-order valence-corrected chi connectivity index (χ0v) is 19.0. The standard InChI is InChI=1S/C26H33FN2O3/c1-19(30)28-26(22-9-5-6-10-23(22)27)13-15-29(16-14-26)18-20-11-12-24(25(17-20)31-2)32-21-7-3-4-8-21/h5-6,9-12,17,21H,3-4,7-8,13-16,18H2,1-2H3,(H,28,30). The van der Waals surface area contributed by atoms with E-state index >= 15 is 0 Å². The Morgan fingerprint density at radius 3 is 2.50 bits per heavy atom. The minimum atomic E-state index is -0.662. The molecule has 1 N–H and O–H groups in total. The van der Waals surface area contributed by atoms with Crippen LogP contribution < -0.4 is 14.8 Å². The number of benzene rings is 2. The first-order valence-electron chi connectivity index (χ1n) is 11.6. The average Bonchev–Trinajstić information content (AvgIpc) is 3.29. The number of carbonyl (C=O) groups excluding carboxylic acids is 1. The van der Waals surface area contributed by atoms with Crippen LogP contribution in [0.5, 0.6) is 11.5 Å². The third-order valence-electron chi connectivity index (χ3n) is 6.74. The summed E-state index contributed by atoms with van der Waals surface area (Å²) in [6, 6.07) is 12.9. The van der Waals surface area contributed by atoms with Crippen molar-refractivity contribution >= 4 is 5.91 Å². The first kappa shape index (κ1) is 22.6. The molecule has 1 amide bonds. The number of nitrogens with zero attached hydrogens (tertiary/aromatic N) is 1. The highest BCUT2D eigenvalue weighted by atomic mass is 19.1. The second-order valence-electron chi connectivity index (χ2n) is 9.03. The normalized spacial score (nSPS) is 19.0. The predicted molar refractivity (Wildman–Crippen MR) is 122 cm³/mol. The van der Waals surface area contributed by atoms with Crippen molar-refractivity contribution in [3.8, 4) is 11.5 Å². The molecule has 1 aliphatic carbocycles. The van der Waals surface area contributed by atoms with E-state index in [1.807, 2.05) is 12.1 Å². The third kappa shape index (κ3) is 5.07. The summed E-state index contributed by atoms with van der Waals surface area (Å²) in [6.07, 6.45) is 6.28. The Balaban J connectivity index is 1.43. The number of piperidine rings is 1. The lowest BCUT2D eigenvalue weighted by Gasteiger charge is -2.42. The van der Waals surface area contributed by atoms with Crippen LogP contribution in [0.1, 0.15) is 56.6 Å². The smallest absolute Gasteiger partial charge is 0.217 e. The van der Waals surface area contributed by atoms with Gasteiger partial charge < -0.3 is 14.8 Å². The van der Waals surface area contributed by atoms with Gasteiger partial charge in [-0.25, -0.2) is 4.39 Å². The number of hydrogen-bond acceptors (Lipinski definition) is 4. The van der Waals surface area contributed by atoms with E-state index in [1.165, 1.54) is 25.8 Å². The number of halogens is 1. The van der Waals surface area contributed by atoms with E-state index < -0.39 is 5.54 Å². The summed E-state index contributed by atoms with van der Waals surface area (Å²) >= 11 is 0. The van der Waals surface area contributed by atoms with Gasteiger partial charge in [0.15, 0.2) is 11.5 Å². The predicted octanol–water partition coefficient (Wildman–Crippen LogP) is 4.78. The van der Waals surface area contributed by atoms with Gasteiger partial charge in [-0.1, -0.05) is 24.3 Å². The summed E-state index contributed by atoms with van der Waals surface area (Å²) in [5, 5.41) is 3.05. The van der Waals surface area contributed by atoms with Crippen molar-refractivity contribution in [2.45, 2.75) is 63.6 Å².